The van der Waals surface area contributed by atoms with Crippen molar-refractivity contribution >= 4 is 35.2 Å². The molecule has 1 aliphatic heterocycles. The van der Waals surface area contributed by atoms with Crippen LogP contribution in [0.15, 0.2) is 65.7 Å². The van der Waals surface area contributed by atoms with Gasteiger partial charge >= 0.3 is 0 Å². The Balaban J connectivity index is 1.80. The van der Waals surface area contributed by atoms with Gasteiger partial charge in [-0.1, -0.05) is 48.5 Å². The van der Waals surface area contributed by atoms with E-state index in [9.17, 15) is 0 Å². The van der Waals surface area contributed by atoms with Gasteiger partial charge in [-0.25, -0.2) is 9.67 Å². The molecule has 148 valence electrons. The van der Waals surface area contributed by atoms with Gasteiger partial charge in [0, 0.05) is 11.6 Å². The van der Waals surface area contributed by atoms with E-state index in [1.807, 2.05) is 67.1 Å². The molecule has 0 N–H and O–H groups in total. The smallest absolute Gasteiger partial charge is 0.193 e. The molecule has 2 aromatic carbocycles. The van der Waals surface area contributed by atoms with Crippen molar-refractivity contribution in [1.29, 1.82) is 0 Å². The van der Waals surface area contributed by atoms with Crippen LogP contribution in [0.2, 0.25) is 0 Å². The molecule has 29 heavy (non-hydrogen) atoms. The van der Waals surface area contributed by atoms with Crippen LogP contribution in [0.4, 0.5) is 5.82 Å². The standard InChI is InChI=1S/C22H23N4OPS/c1-3-27-28(29)20-16(2)24-25(18-12-8-5-9-13-18)22(20)23-21(26(28)19-14-15-19)17-10-6-4-7-11-17/h4-13,19H,3,14-15H2,1-2H3/t28-/m1/s1. The van der Waals surface area contributed by atoms with E-state index in [4.69, 9.17) is 26.4 Å². The summed E-state index contributed by atoms with van der Waals surface area (Å²) < 4.78 is 10.6. The monoisotopic (exact) mass is 422 g/mol. The molecule has 0 bridgehead atoms. The summed E-state index contributed by atoms with van der Waals surface area (Å²) in [5, 5.41) is 5.84. The maximum Gasteiger partial charge on any atom is 0.193 e. The van der Waals surface area contributed by atoms with E-state index in [1.165, 1.54) is 0 Å². The summed E-state index contributed by atoms with van der Waals surface area (Å²) in [6.07, 6.45) is -0.266. The molecular weight excluding hydrogens is 399 g/mol. The second-order valence-electron chi connectivity index (χ2n) is 7.32. The first-order valence-corrected chi connectivity index (χ1v) is 12.6. The molecule has 0 amide bonds. The van der Waals surface area contributed by atoms with Gasteiger partial charge in [-0.15, -0.1) is 0 Å². The van der Waals surface area contributed by atoms with E-state index >= 15 is 0 Å². The summed E-state index contributed by atoms with van der Waals surface area (Å²) in [7, 11) is 0. The van der Waals surface area contributed by atoms with E-state index in [-0.39, 0.29) is 0 Å². The largest absolute Gasteiger partial charge is 0.331 e. The molecule has 1 fully saturated rings. The van der Waals surface area contributed by atoms with Gasteiger partial charge in [-0.2, -0.15) is 5.10 Å². The lowest BCUT2D eigenvalue weighted by molar-refractivity contribution is 0.354. The Morgan fingerprint density at radius 3 is 2.34 bits per heavy atom. The maximum absolute atomic E-state index is 6.41. The zero-order valence-corrected chi connectivity index (χ0v) is 18.2. The van der Waals surface area contributed by atoms with E-state index in [0.29, 0.717) is 12.6 Å². The molecule has 5 nitrogen and oxygen atoms in total. The van der Waals surface area contributed by atoms with Crippen LogP contribution in [-0.4, -0.2) is 32.9 Å². The second kappa shape index (κ2) is 7.21. The summed E-state index contributed by atoms with van der Waals surface area (Å²) >= 11 is 6.35. The Morgan fingerprint density at radius 2 is 1.72 bits per heavy atom. The highest BCUT2D eigenvalue weighted by molar-refractivity contribution is 8.15. The minimum absolute atomic E-state index is 0.388. The van der Waals surface area contributed by atoms with Crippen molar-refractivity contribution in [2.75, 3.05) is 6.61 Å². The Hall–Kier alpha value is -2.27. The summed E-state index contributed by atoms with van der Waals surface area (Å²) in [5.74, 6) is 1.72. The van der Waals surface area contributed by atoms with Crippen molar-refractivity contribution in [3.05, 3.63) is 71.9 Å². The molecule has 1 aliphatic carbocycles. The first-order valence-electron chi connectivity index (χ1n) is 9.97. The number of amidine groups is 1. The highest BCUT2D eigenvalue weighted by Gasteiger charge is 2.48. The van der Waals surface area contributed by atoms with Crippen molar-refractivity contribution in [3.63, 3.8) is 0 Å². The number of benzene rings is 2. The number of aryl methyl sites for hydroxylation is 1. The minimum Gasteiger partial charge on any atom is -0.331 e. The number of fused-ring (bicyclic) bond motifs is 1. The van der Waals surface area contributed by atoms with Crippen LogP contribution in [-0.2, 0) is 16.3 Å². The molecule has 0 unspecified atom stereocenters. The summed E-state index contributed by atoms with van der Waals surface area (Å²) in [6, 6.07) is 20.8. The van der Waals surface area contributed by atoms with Gasteiger partial charge in [-0.3, -0.25) is 0 Å². The quantitative estimate of drug-likeness (QED) is 0.559. The first-order chi connectivity index (χ1) is 14.1. The number of hydrogen-bond acceptors (Lipinski definition) is 4. The molecule has 0 saturated heterocycles. The van der Waals surface area contributed by atoms with E-state index in [0.717, 1.165) is 46.7 Å². The van der Waals surface area contributed by atoms with Crippen LogP contribution >= 0.6 is 6.42 Å². The summed E-state index contributed by atoms with van der Waals surface area (Å²) in [6.45, 7) is 4.61. The normalized spacial score (nSPS) is 21.0. The average molecular weight is 422 g/mol. The highest BCUT2D eigenvalue weighted by Crippen LogP contribution is 2.60. The third-order valence-corrected chi connectivity index (χ3v) is 9.40. The van der Waals surface area contributed by atoms with Crippen molar-refractivity contribution in [2.45, 2.75) is 32.7 Å². The topological polar surface area (TPSA) is 42.6 Å². The fourth-order valence-electron chi connectivity index (χ4n) is 3.86. The van der Waals surface area contributed by atoms with Gasteiger partial charge in [0.05, 0.1) is 23.3 Å². The third-order valence-electron chi connectivity index (χ3n) is 5.23. The van der Waals surface area contributed by atoms with Gasteiger partial charge in [0.15, 0.2) is 12.2 Å². The molecule has 0 radical (unpaired) electrons. The Morgan fingerprint density at radius 1 is 1.07 bits per heavy atom. The molecule has 1 saturated carbocycles. The highest BCUT2D eigenvalue weighted by atomic mass is 32.4. The Kier molecular flexibility index (Phi) is 4.66. The summed E-state index contributed by atoms with van der Waals surface area (Å²) in [5.41, 5.74) is 2.95. The second-order valence-corrected chi connectivity index (χ2v) is 11.0. The molecule has 5 rings (SSSR count). The number of aliphatic imine (C=N–C) groups is 1. The van der Waals surface area contributed by atoms with E-state index < -0.39 is 6.42 Å². The Labute approximate surface area is 176 Å². The molecule has 2 heterocycles. The van der Waals surface area contributed by atoms with Crippen LogP contribution in [0.5, 0.6) is 0 Å². The van der Waals surface area contributed by atoms with Gasteiger partial charge in [-0.05, 0) is 50.6 Å². The molecule has 7 heteroatoms. The van der Waals surface area contributed by atoms with Gasteiger partial charge in [0.25, 0.3) is 0 Å². The molecular formula is C22H23N4OPS. The lowest BCUT2D eigenvalue weighted by atomic mass is 10.2. The first kappa shape index (κ1) is 18.7. The lowest BCUT2D eigenvalue weighted by Gasteiger charge is -2.39. The minimum atomic E-state index is -2.51. The number of hydrogen-bond donors (Lipinski definition) is 0. The number of rotatable bonds is 5. The number of para-hydroxylation sites is 1. The fourth-order valence-corrected chi connectivity index (χ4v) is 8.19. The molecule has 3 aromatic rings. The molecule has 0 spiro atoms. The van der Waals surface area contributed by atoms with Crippen molar-refractivity contribution in [1.82, 2.24) is 14.5 Å². The number of nitrogens with zero attached hydrogens (tertiary/aromatic N) is 4. The van der Waals surface area contributed by atoms with Crippen LogP contribution < -0.4 is 5.30 Å². The zero-order chi connectivity index (χ0) is 20.0. The molecule has 1 aromatic heterocycles. The van der Waals surface area contributed by atoms with Crippen LogP contribution in [0.1, 0.15) is 31.0 Å². The molecule has 1 atom stereocenters. The van der Waals surface area contributed by atoms with Crippen molar-refractivity contribution in [2.24, 2.45) is 4.99 Å². The zero-order valence-electron chi connectivity index (χ0n) is 16.5. The Bertz CT molecular complexity index is 1120. The third kappa shape index (κ3) is 3.07. The fraction of sp³-hybridized carbons (Fsp3) is 0.273. The van der Waals surface area contributed by atoms with Crippen molar-refractivity contribution in [3.8, 4) is 5.69 Å². The predicted octanol–water partition coefficient (Wildman–Crippen LogP) is 4.71. The predicted molar refractivity (Wildman–Crippen MR) is 121 cm³/mol. The van der Waals surface area contributed by atoms with Gasteiger partial charge < -0.3 is 9.19 Å². The van der Waals surface area contributed by atoms with Crippen molar-refractivity contribution < 1.29 is 4.52 Å². The van der Waals surface area contributed by atoms with Gasteiger partial charge in [0.2, 0.25) is 0 Å². The van der Waals surface area contributed by atoms with Crippen LogP contribution in [0.25, 0.3) is 5.69 Å². The SMILES string of the molecule is CCO[P@@]1(=S)c2c(C)nn(-c3ccccc3)c2N=C(c2ccccc2)N1C1CC1. The van der Waals surface area contributed by atoms with Crippen LogP contribution in [0, 0.1) is 6.92 Å². The van der Waals surface area contributed by atoms with E-state index in [2.05, 4.69) is 16.8 Å². The average Bonchev–Trinajstić information content (AvgIpc) is 3.51. The number of aromatic nitrogens is 2. The lowest BCUT2D eigenvalue weighted by Crippen LogP contribution is -2.38. The van der Waals surface area contributed by atoms with Gasteiger partial charge in [0.1, 0.15) is 5.84 Å². The molecule has 2 aliphatic rings. The van der Waals surface area contributed by atoms with E-state index in [1.54, 1.807) is 0 Å². The maximum atomic E-state index is 6.41. The van der Waals surface area contributed by atoms with Crippen LogP contribution in [0.3, 0.4) is 0 Å². The summed E-state index contributed by atoms with van der Waals surface area (Å²) in [4.78, 5) is 5.16.